The minimum absolute atomic E-state index is 0.109. The third-order valence-corrected chi connectivity index (χ3v) is 4.41. The van der Waals surface area contributed by atoms with Gasteiger partial charge in [-0.05, 0) is 34.1 Å². The molecule has 0 saturated heterocycles. The van der Waals surface area contributed by atoms with Crippen LogP contribution in [0.25, 0.3) is 0 Å². The van der Waals surface area contributed by atoms with Crippen LogP contribution in [0.15, 0.2) is 9.68 Å². The van der Waals surface area contributed by atoms with Gasteiger partial charge >= 0.3 is 0 Å². The van der Waals surface area contributed by atoms with Gasteiger partial charge in [0.15, 0.2) is 11.0 Å². The van der Waals surface area contributed by atoms with E-state index in [1.807, 2.05) is 6.92 Å². The summed E-state index contributed by atoms with van der Waals surface area (Å²) in [5.74, 6) is 1.34. The van der Waals surface area contributed by atoms with Crippen LogP contribution in [0.2, 0.25) is 0 Å². The Labute approximate surface area is 124 Å². The summed E-state index contributed by atoms with van der Waals surface area (Å²) in [6.45, 7) is 11.3. The van der Waals surface area contributed by atoms with Crippen LogP contribution in [0.1, 0.15) is 55.0 Å². The fraction of sp³-hybridized carbons (Fsp3) is 0.643. The van der Waals surface area contributed by atoms with E-state index in [2.05, 4.69) is 47.4 Å². The predicted molar refractivity (Wildman–Crippen MR) is 79.9 cm³/mol. The summed E-state index contributed by atoms with van der Waals surface area (Å²) in [4.78, 5) is 8.96. The molecule has 110 valence electrons. The van der Waals surface area contributed by atoms with Gasteiger partial charge < -0.3 is 9.09 Å². The van der Waals surface area contributed by atoms with Crippen LogP contribution in [-0.4, -0.2) is 19.7 Å². The maximum Gasteiger partial charge on any atom is 0.239 e. The van der Waals surface area contributed by atoms with Gasteiger partial charge in [0.2, 0.25) is 5.89 Å². The van der Waals surface area contributed by atoms with E-state index in [1.54, 1.807) is 11.8 Å². The molecule has 0 amide bonds. The Morgan fingerprint density at radius 2 is 2.00 bits per heavy atom. The third kappa shape index (κ3) is 3.23. The Balaban J connectivity index is 2.17. The summed E-state index contributed by atoms with van der Waals surface area (Å²) < 4.78 is 7.53. The first-order valence-corrected chi connectivity index (χ1v) is 7.91. The molecule has 0 aliphatic heterocycles. The van der Waals surface area contributed by atoms with Crippen molar-refractivity contribution >= 4 is 11.8 Å². The molecule has 1 atom stereocenters. The van der Waals surface area contributed by atoms with Crippen molar-refractivity contribution in [2.75, 3.05) is 0 Å². The molecule has 0 saturated carbocycles. The maximum atomic E-state index is 5.24. The van der Waals surface area contributed by atoms with Crippen molar-refractivity contribution in [3.05, 3.63) is 23.1 Å². The van der Waals surface area contributed by atoms with Gasteiger partial charge in [0, 0.05) is 12.2 Å². The summed E-state index contributed by atoms with van der Waals surface area (Å²) >= 11 is 1.68. The molecule has 2 heterocycles. The van der Waals surface area contributed by atoms with Gasteiger partial charge in [-0.25, -0.2) is 4.98 Å². The average Bonchev–Trinajstić information content (AvgIpc) is 2.94. The number of thioether (sulfide) groups is 1. The average molecular weight is 294 g/mol. The van der Waals surface area contributed by atoms with Crippen LogP contribution < -0.4 is 0 Å². The number of imidazole rings is 1. The molecule has 6 heteroatoms. The van der Waals surface area contributed by atoms with Crippen LogP contribution in [0.5, 0.6) is 0 Å². The van der Waals surface area contributed by atoms with Crippen molar-refractivity contribution in [1.29, 1.82) is 0 Å². The lowest BCUT2D eigenvalue weighted by atomic mass is 10.3. The lowest BCUT2D eigenvalue weighted by Gasteiger charge is -2.11. The van der Waals surface area contributed by atoms with Crippen LogP contribution >= 0.6 is 11.8 Å². The molecule has 0 N–H and O–H groups in total. The molecule has 0 fully saturated rings. The normalized spacial score (nSPS) is 12.8. The number of aromatic nitrogens is 4. The number of nitrogens with zero attached hydrogens (tertiary/aromatic N) is 4. The zero-order valence-corrected chi connectivity index (χ0v) is 13.6. The van der Waals surface area contributed by atoms with Gasteiger partial charge in [0.25, 0.3) is 0 Å². The first kappa shape index (κ1) is 15.1. The highest BCUT2D eigenvalue weighted by Gasteiger charge is 2.19. The fourth-order valence-electron chi connectivity index (χ4n) is 1.98. The SMILES string of the molecule is CCCCn1c(SC(C)c2nc(C)no2)nc(C)c1C. The smallest absolute Gasteiger partial charge is 0.239 e. The highest BCUT2D eigenvalue weighted by atomic mass is 32.2. The van der Waals surface area contributed by atoms with E-state index in [1.165, 1.54) is 12.1 Å². The van der Waals surface area contributed by atoms with Crippen LogP contribution in [0.4, 0.5) is 0 Å². The summed E-state index contributed by atoms with van der Waals surface area (Å²) in [6.07, 6.45) is 2.34. The largest absolute Gasteiger partial charge is 0.338 e. The van der Waals surface area contributed by atoms with Crippen molar-refractivity contribution in [3.63, 3.8) is 0 Å². The second-order valence-electron chi connectivity index (χ2n) is 5.01. The number of hydrogen-bond donors (Lipinski definition) is 0. The Hall–Kier alpha value is -1.30. The first-order chi connectivity index (χ1) is 9.52. The molecule has 5 nitrogen and oxygen atoms in total. The van der Waals surface area contributed by atoms with E-state index in [0.29, 0.717) is 11.7 Å². The molecule has 0 spiro atoms. The van der Waals surface area contributed by atoms with E-state index in [-0.39, 0.29) is 5.25 Å². The summed E-state index contributed by atoms with van der Waals surface area (Å²) in [7, 11) is 0. The van der Waals surface area contributed by atoms with Crippen LogP contribution in [-0.2, 0) is 6.54 Å². The highest BCUT2D eigenvalue weighted by Crippen LogP contribution is 2.34. The number of unbranched alkanes of at least 4 members (excludes halogenated alkanes) is 1. The van der Waals surface area contributed by atoms with Crippen molar-refractivity contribution < 1.29 is 4.52 Å². The van der Waals surface area contributed by atoms with E-state index < -0.39 is 0 Å². The molecule has 2 aromatic rings. The van der Waals surface area contributed by atoms with E-state index in [4.69, 9.17) is 4.52 Å². The van der Waals surface area contributed by atoms with Crippen LogP contribution in [0, 0.1) is 20.8 Å². The molecular formula is C14H22N4OS. The highest BCUT2D eigenvalue weighted by molar-refractivity contribution is 7.99. The monoisotopic (exact) mass is 294 g/mol. The molecule has 20 heavy (non-hydrogen) atoms. The Bertz CT molecular complexity index is 576. The molecule has 0 radical (unpaired) electrons. The quantitative estimate of drug-likeness (QED) is 0.757. The lowest BCUT2D eigenvalue weighted by Crippen LogP contribution is -2.03. The van der Waals surface area contributed by atoms with Gasteiger partial charge in [0.05, 0.1) is 10.9 Å². The fourth-order valence-corrected chi connectivity index (χ4v) is 3.04. The molecule has 0 aromatic carbocycles. The second kappa shape index (κ2) is 6.43. The lowest BCUT2D eigenvalue weighted by molar-refractivity contribution is 0.376. The molecule has 0 aliphatic rings. The van der Waals surface area contributed by atoms with Gasteiger partial charge in [-0.3, -0.25) is 0 Å². The topological polar surface area (TPSA) is 56.7 Å². The second-order valence-corrected chi connectivity index (χ2v) is 6.32. The molecule has 0 aliphatic carbocycles. The van der Waals surface area contributed by atoms with E-state index in [9.17, 15) is 0 Å². The van der Waals surface area contributed by atoms with Crippen molar-refractivity contribution in [1.82, 2.24) is 19.7 Å². The minimum Gasteiger partial charge on any atom is -0.338 e. The predicted octanol–water partition coefficient (Wildman–Crippen LogP) is 3.84. The Kier molecular flexibility index (Phi) is 4.86. The molecule has 1 unspecified atom stereocenters. The van der Waals surface area contributed by atoms with Gasteiger partial charge in [-0.1, -0.05) is 30.3 Å². The number of hydrogen-bond acceptors (Lipinski definition) is 5. The zero-order chi connectivity index (χ0) is 14.7. The van der Waals surface area contributed by atoms with Gasteiger partial charge in [-0.2, -0.15) is 4.98 Å². The summed E-state index contributed by atoms with van der Waals surface area (Å²) in [5, 5.41) is 5.00. The first-order valence-electron chi connectivity index (χ1n) is 7.03. The van der Waals surface area contributed by atoms with E-state index in [0.717, 1.165) is 23.8 Å². The Morgan fingerprint density at radius 3 is 2.60 bits per heavy atom. The van der Waals surface area contributed by atoms with Crippen molar-refractivity contribution in [2.45, 2.75) is 64.4 Å². The van der Waals surface area contributed by atoms with Crippen molar-refractivity contribution in [2.24, 2.45) is 0 Å². The molecule has 0 bridgehead atoms. The molecular weight excluding hydrogens is 272 g/mol. The van der Waals surface area contributed by atoms with Crippen LogP contribution in [0.3, 0.4) is 0 Å². The third-order valence-electron chi connectivity index (χ3n) is 3.33. The minimum atomic E-state index is 0.109. The molecule has 2 aromatic heterocycles. The van der Waals surface area contributed by atoms with Gasteiger partial charge in [0.1, 0.15) is 0 Å². The number of aryl methyl sites for hydroxylation is 2. The van der Waals surface area contributed by atoms with E-state index >= 15 is 0 Å². The number of rotatable bonds is 6. The maximum absolute atomic E-state index is 5.24. The zero-order valence-electron chi connectivity index (χ0n) is 12.8. The molecule has 2 rings (SSSR count). The summed E-state index contributed by atoms with van der Waals surface area (Å²) in [5.41, 5.74) is 2.34. The summed E-state index contributed by atoms with van der Waals surface area (Å²) in [6, 6.07) is 0. The van der Waals surface area contributed by atoms with Gasteiger partial charge in [-0.15, -0.1) is 0 Å². The van der Waals surface area contributed by atoms with Crippen molar-refractivity contribution in [3.8, 4) is 0 Å². The Morgan fingerprint density at radius 1 is 1.25 bits per heavy atom. The standard InChI is InChI=1S/C14H22N4OS/c1-6-7-8-18-10(3)9(2)15-14(18)20-11(4)13-16-12(5)17-19-13/h11H,6-8H2,1-5H3.